The number of aliphatic hydroxyl groups is 1. The maximum Gasteiger partial charge on any atom is 0.229 e. The van der Waals surface area contributed by atoms with Crippen LogP contribution in [-0.2, 0) is 11.2 Å². The first-order valence-electron chi connectivity index (χ1n) is 9.87. The van der Waals surface area contributed by atoms with Crippen molar-refractivity contribution in [3.05, 3.63) is 42.4 Å². The molecule has 3 aromatic rings. The van der Waals surface area contributed by atoms with E-state index < -0.39 is 6.10 Å². The highest BCUT2D eigenvalue weighted by molar-refractivity contribution is 5.99. The van der Waals surface area contributed by atoms with Gasteiger partial charge in [0.05, 0.1) is 11.8 Å². The molecule has 8 nitrogen and oxygen atoms in total. The number of aromatic nitrogens is 3. The van der Waals surface area contributed by atoms with Crippen molar-refractivity contribution in [3.8, 4) is 11.3 Å². The molecular weight excluding hydrogens is 380 g/mol. The quantitative estimate of drug-likeness (QED) is 0.542. The van der Waals surface area contributed by atoms with Gasteiger partial charge < -0.3 is 21.1 Å². The van der Waals surface area contributed by atoms with Crippen molar-refractivity contribution >= 4 is 34.5 Å². The molecule has 3 aromatic heterocycles. The van der Waals surface area contributed by atoms with Crippen LogP contribution in [0.15, 0.2) is 41.8 Å². The molecule has 0 aliphatic heterocycles. The second-order valence-electron chi connectivity index (χ2n) is 7.67. The minimum atomic E-state index is -0.487. The molecule has 1 aliphatic carbocycles. The fourth-order valence-corrected chi connectivity index (χ4v) is 3.62. The summed E-state index contributed by atoms with van der Waals surface area (Å²) in [5.41, 5.74) is 8.60. The van der Waals surface area contributed by atoms with Crippen molar-refractivity contribution in [2.45, 2.75) is 25.9 Å². The molecule has 1 amide bonds. The number of nitrogens with one attached hydrogen (secondary N) is 1. The molecule has 1 fully saturated rings. The van der Waals surface area contributed by atoms with E-state index in [4.69, 9.17) is 5.73 Å². The van der Waals surface area contributed by atoms with Gasteiger partial charge in [-0.05, 0) is 48.9 Å². The molecule has 0 spiro atoms. The highest BCUT2D eigenvalue weighted by Crippen LogP contribution is 2.38. The first kappa shape index (κ1) is 19.9. The number of amides is 1. The summed E-state index contributed by atoms with van der Waals surface area (Å²) in [6.45, 7) is 1.74. The molecule has 8 heteroatoms. The molecule has 4 N–H and O–H groups in total. The normalized spacial score (nSPS) is 19.2. The Kier molecular flexibility index (Phi) is 5.41. The van der Waals surface area contributed by atoms with Crippen LogP contribution in [0.3, 0.4) is 0 Å². The fraction of sp³-hybridized carbons (Fsp3) is 0.318. The number of carbonyl (C=O) groups excluding carboxylic acids is 1. The molecule has 30 heavy (non-hydrogen) atoms. The minimum Gasteiger partial charge on any atom is -0.393 e. The zero-order valence-electron chi connectivity index (χ0n) is 16.9. The number of nitrogen functional groups attached to an aromatic ring is 1. The highest BCUT2D eigenvalue weighted by Gasteiger charge is 2.41. The fourth-order valence-electron chi connectivity index (χ4n) is 3.62. The third kappa shape index (κ3) is 4.13. The lowest BCUT2D eigenvalue weighted by Gasteiger charge is -2.12. The van der Waals surface area contributed by atoms with Gasteiger partial charge in [0.2, 0.25) is 5.91 Å². The molecule has 154 valence electrons. The Balaban J connectivity index is 1.65. The van der Waals surface area contributed by atoms with E-state index in [0.29, 0.717) is 29.1 Å². The van der Waals surface area contributed by atoms with Crippen LogP contribution in [0.2, 0.25) is 0 Å². The number of nitrogens with two attached hydrogens (primary N) is 1. The number of aliphatic hydroxyl groups excluding tert-OH is 1. The summed E-state index contributed by atoms with van der Waals surface area (Å²) in [4.78, 5) is 29.4. The first-order valence-corrected chi connectivity index (χ1v) is 9.87. The summed E-state index contributed by atoms with van der Waals surface area (Å²) < 4.78 is 0. The molecule has 0 saturated heterocycles. The number of hydrogen-bond acceptors (Lipinski definition) is 7. The average Bonchev–Trinajstić information content (AvgIpc) is 3.47. The predicted molar refractivity (Wildman–Crippen MR) is 117 cm³/mol. The van der Waals surface area contributed by atoms with E-state index in [2.05, 4.69) is 25.3 Å². The topological polar surface area (TPSA) is 126 Å². The number of nitrogens with zero attached hydrogens (tertiary/aromatic N) is 4. The van der Waals surface area contributed by atoms with Crippen LogP contribution in [0, 0.1) is 11.8 Å². The number of fused-ring (bicyclic) bond motifs is 1. The van der Waals surface area contributed by atoms with Gasteiger partial charge in [0.1, 0.15) is 11.6 Å². The number of pyridine rings is 3. The average molecular weight is 404 g/mol. The van der Waals surface area contributed by atoms with Crippen LogP contribution in [0.1, 0.15) is 18.9 Å². The molecule has 0 aromatic carbocycles. The predicted octanol–water partition coefficient (Wildman–Crippen LogP) is 2.47. The van der Waals surface area contributed by atoms with Gasteiger partial charge in [-0.25, -0.2) is 9.97 Å². The van der Waals surface area contributed by atoms with Crippen LogP contribution in [-0.4, -0.2) is 45.3 Å². The summed E-state index contributed by atoms with van der Waals surface area (Å²) in [7, 11) is 1.71. The van der Waals surface area contributed by atoms with Crippen molar-refractivity contribution in [1.82, 2.24) is 15.0 Å². The van der Waals surface area contributed by atoms with Gasteiger partial charge in [-0.1, -0.05) is 0 Å². The smallest absolute Gasteiger partial charge is 0.229 e. The van der Waals surface area contributed by atoms with Gasteiger partial charge in [0.15, 0.2) is 0 Å². The number of anilines is 2. The molecular formula is C22H24N6O2. The zero-order valence-corrected chi connectivity index (χ0v) is 16.9. The van der Waals surface area contributed by atoms with E-state index in [1.54, 1.807) is 38.6 Å². The van der Waals surface area contributed by atoms with Crippen molar-refractivity contribution in [2.75, 3.05) is 18.1 Å². The third-order valence-electron chi connectivity index (χ3n) is 5.22. The van der Waals surface area contributed by atoms with Crippen LogP contribution in [0.25, 0.3) is 22.0 Å². The van der Waals surface area contributed by atoms with Crippen LogP contribution in [0.4, 0.5) is 11.6 Å². The largest absolute Gasteiger partial charge is 0.393 e. The molecule has 1 aliphatic rings. The lowest BCUT2D eigenvalue weighted by atomic mass is 10.0. The van der Waals surface area contributed by atoms with E-state index >= 15 is 0 Å². The van der Waals surface area contributed by atoms with Crippen LogP contribution in [0.5, 0.6) is 0 Å². The highest BCUT2D eigenvalue weighted by atomic mass is 16.3. The number of aliphatic imine (C=N–C) groups is 1. The van der Waals surface area contributed by atoms with Crippen LogP contribution >= 0.6 is 0 Å². The standard InChI is InChI=1S/C22H24N6O2/c1-12(29)5-13-3-4-25-10-17(13)19-7-14-8-20(26-11-18(14)21(23)27-19)28-22(30)16-6-15(16)9-24-2/h3-4,7-12,15-16,29H,5-6H2,1-2H3,(H2,23,27)(H,26,28,30)/t12?,15-,16+/m0/s1. The second kappa shape index (κ2) is 8.16. The van der Waals surface area contributed by atoms with Crippen molar-refractivity contribution in [1.29, 1.82) is 0 Å². The number of hydrogen-bond donors (Lipinski definition) is 3. The Morgan fingerprint density at radius 3 is 3.03 bits per heavy atom. The third-order valence-corrected chi connectivity index (χ3v) is 5.22. The van der Waals surface area contributed by atoms with Gasteiger partial charge in [-0.3, -0.25) is 9.78 Å². The molecule has 0 bridgehead atoms. The molecule has 4 rings (SSSR count). The summed E-state index contributed by atoms with van der Waals surface area (Å²) >= 11 is 0. The lowest BCUT2D eigenvalue weighted by molar-refractivity contribution is -0.117. The molecule has 3 atom stereocenters. The monoisotopic (exact) mass is 404 g/mol. The Hall–Kier alpha value is -3.39. The molecule has 0 radical (unpaired) electrons. The van der Waals surface area contributed by atoms with E-state index in [1.165, 1.54) is 0 Å². The van der Waals surface area contributed by atoms with E-state index in [0.717, 1.165) is 22.9 Å². The second-order valence-corrected chi connectivity index (χ2v) is 7.67. The Morgan fingerprint density at radius 2 is 2.27 bits per heavy atom. The number of rotatable bonds is 6. The van der Waals surface area contributed by atoms with Crippen molar-refractivity contribution in [2.24, 2.45) is 16.8 Å². The number of carbonyl (C=O) groups is 1. The van der Waals surface area contributed by atoms with E-state index in [1.807, 2.05) is 18.3 Å². The van der Waals surface area contributed by atoms with E-state index in [9.17, 15) is 9.90 Å². The van der Waals surface area contributed by atoms with Gasteiger partial charge in [0.25, 0.3) is 0 Å². The zero-order chi connectivity index (χ0) is 21.3. The van der Waals surface area contributed by atoms with Gasteiger partial charge in [0, 0.05) is 54.6 Å². The van der Waals surface area contributed by atoms with Crippen molar-refractivity contribution < 1.29 is 9.90 Å². The summed E-state index contributed by atoms with van der Waals surface area (Å²) in [5.74, 6) is 0.919. The SMILES string of the molecule is CN=C[C@@H]1C[C@H]1C(=O)Nc1cc2cc(-c3cnccc3CC(C)O)nc(N)c2cn1. The Labute approximate surface area is 174 Å². The Bertz CT molecular complexity index is 1130. The van der Waals surface area contributed by atoms with Gasteiger partial charge in [-0.2, -0.15) is 0 Å². The summed E-state index contributed by atoms with van der Waals surface area (Å²) in [5, 5.41) is 14.2. The van der Waals surface area contributed by atoms with Crippen molar-refractivity contribution in [3.63, 3.8) is 0 Å². The van der Waals surface area contributed by atoms with Gasteiger partial charge >= 0.3 is 0 Å². The molecule has 1 saturated carbocycles. The first-order chi connectivity index (χ1) is 14.5. The summed E-state index contributed by atoms with van der Waals surface area (Å²) in [6.07, 6.45) is 7.65. The molecule has 1 unspecified atom stereocenters. The van der Waals surface area contributed by atoms with E-state index in [-0.39, 0.29) is 17.7 Å². The lowest BCUT2D eigenvalue weighted by Crippen LogP contribution is -2.16. The maximum atomic E-state index is 12.4. The minimum absolute atomic E-state index is 0.0531. The summed E-state index contributed by atoms with van der Waals surface area (Å²) in [6, 6.07) is 5.56. The maximum absolute atomic E-state index is 12.4. The van der Waals surface area contributed by atoms with Crippen LogP contribution < -0.4 is 11.1 Å². The van der Waals surface area contributed by atoms with Gasteiger partial charge in [-0.15, -0.1) is 0 Å². The Morgan fingerprint density at radius 1 is 1.43 bits per heavy atom. The molecule has 3 heterocycles.